The van der Waals surface area contributed by atoms with E-state index in [0.29, 0.717) is 28.6 Å². The maximum atomic E-state index is 13.3. The number of nitrogens with one attached hydrogen (secondary N) is 1. The van der Waals surface area contributed by atoms with Crippen molar-refractivity contribution < 1.29 is 25.5 Å². The van der Waals surface area contributed by atoms with E-state index in [1.54, 1.807) is 43.5 Å². The third-order valence-electron chi connectivity index (χ3n) is 5.66. The molecule has 0 bridgehead atoms. The smallest absolute Gasteiger partial charge is 0.281 e. The highest BCUT2D eigenvalue weighted by atomic mass is 32.2. The molecule has 1 N–H and O–H groups in total. The van der Waals surface area contributed by atoms with Crippen LogP contribution in [0.15, 0.2) is 65.8 Å². The molecule has 4 rings (SSSR count). The van der Waals surface area contributed by atoms with E-state index < -0.39 is 15.9 Å². The summed E-state index contributed by atoms with van der Waals surface area (Å²) < 4.78 is 39.7. The van der Waals surface area contributed by atoms with Gasteiger partial charge in [0.25, 0.3) is 15.9 Å². The summed E-state index contributed by atoms with van der Waals surface area (Å²) in [6, 6.07) is 15.1. The number of amides is 1. The molecule has 0 radical (unpaired) electrons. The fourth-order valence-corrected chi connectivity index (χ4v) is 5.00. The summed E-state index contributed by atoms with van der Waals surface area (Å²) in [6.45, 7) is 11.3. The summed E-state index contributed by atoms with van der Waals surface area (Å²) in [4.78, 5) is 26.2. The van der Waals surface area contributed by atoms with Gasteiger partial charge in [0, 0.05) is 26.4 Å². The van der Waals surface area contributed by atoms with Crippen molar-refractivity contribution in [1.82, 2.24) is 19.7 Å². The summed E-state index contributed by atoms with van der Waals surface area (Å²) in [5.74, 6) is 0.0620. The van der Waals surface area contributed by atoms with Gasteiger partial charge in [0.1, 0.15) is 11.3 Å². The number of hydrogen-bond donors (Lipinski definition) is 1. The number of pyridine rings is 3. The Balaban J connectivity index is 0.00000294. The fourth-order valence-electron chi connectivity index (χ4n) is 4.02. The molecule has 4 aromatic rings. The van der Waals surface area contributed by atoms with Crippen molar-refractivity contribution in [2.45, 2.75) is 52.7 Å². The Morgan fingerprint density at radius 3 is 2.28 bits per heavy atom. The van der Waals surface area contributed by atoms with E-state index in [0.717, 1.165) is 16.7 Å². The number of aryl methyl sites for hydroxylation is 4. The number of rotatable bonds is 8. The second-order valence-electron chi connectivity index (χ2n) is 9.48. The second kappa shape index (κ2) is 11.2. The zero-order chi connectivity index (χ0) is 28.3. The predicted octanol–water partition coefficient (Wildman–Crippen LogP) is 5.96. The molecule has 39 heavy (non-hydrogen) atoms. The van der Waals surface area contributed by atoms with Crippen LogP contribution in [-0.2, 0) is 10.0 Å². The van der Waals surface area contributed by atoms with Gasteiger partial charge in [-0.25, -0.2) is 19.7 Å². The number of sulfonamides is 1. The Labute approximate surface area is 231 Å². The Kier molecular flexibility index (Phi) is 7.96. The molecule has 0 aliphatic carbocycles. The van der Waals surface area contributed by atoms with E-state index in [-0.39, 0.29) is 25.4 Å². The number of hydrogen-bond acceptors (Lipinski definition) is 8. The van der Waals surface area contributed by atoms with Gasteiger partial charge in [-0.15, -0.1) is 0 Å². The molecule has 0 unspecified atom stereocenters. The van der Waals surface area contributed by atoms with E-state index >= 15 is 0 Å². The quantitative estimate of drug-likeness (QED) is 0.285. The standard InChI is InChI=1S/C29H30N4O5S.2H2/c1-17(2)37-25-13-10-22(16-30-25)24-12-11-23(28(34)33-39(35,36)26-9-7-8-21(6)31-26)29(32-24)38-27-19(4)14-18(3)15-20(27)5;;/h7-17H,1-6H3,(H,33,34);2*1H. The first-order chi connectivity index (χ1) is 18.4. The van der Waals surface area contributed by atoms with Crippen LogP contribution in [0.2, 0.25) is 0 Å². The summed E-state index contributed by atoms with van der Waals surface area (Å²) in [6.07, 6.45) is 1.59. The van der Waals surface area contributed by atoms with Gasteiger partial charge in [0.2, 0.25) is 11.8 Å². The minimum Gasteiger partial charge on any atom is -0.475 e. The third kappa shape index (κ3) is 6.58. The van der Waals surface area contributed by atoms with Crippen LogP contribution in [0.25, 0.3) is 11.3 Å². The van der Waals surface area contributed by atoms with Gasteiger partial charge in [-0.3, -0.25) is 4.79 Å². The molecular weight excluding hydrogens is 516 g/mol. The topological polar surface area (TPSA) is 120 Å². The SMILES string of the molecule is Cc1cc(C)c(Oc2nc(-c3ccc(OC(C)C)nc3)ccc2C(=O)NS(=O)(=O)c2cccc(C)n2)c(C)c1.[HH].[HH]. The minimum absolute atomic E-state index is 0. The van der Waals surface area contributed by atoms with E-state index in [1.165, 1.54) is 12.1 Å². The van der Waals surface area contributed by atoms with Crippen molar-refractivity contribution in [3.63, 3.8) is 0 Å². The number of carbonyl (C=O) groups is 1. The fraction of sp³-hybridized carbons (Fsp3) is 0.241. The van der Waals surface area contributed by atoms with Crippen molar-refractivity contribution in [3.05, 3.63) is 88.7 Å². The molecule has 1 aromatic carbocycles. The van der Waals surface area contributed by atoms with E-state index in [1.807, 2.05) is 46.8 Å². The van der Waals surface area contributed by atoms with Crippen LogP contribution in [0.4, 0.5) is 0 Å². The van der Waals surface area contributed by atoms with Crippen molar-refractivity contribution in [3.8, 4) is 28.8 Å². The summed E-state index contributed by atoms with van der Waals surface area (Å²) >= 11 is 0. The molecule has 9 nitrogen and oxygen atoms in total. The normalized spacial score (nSPS) is 11.4. The number of benzene rings is 1. The highest BCUT2D eigenvalue weighted by Crippen LogP contribution is 2.32. The molecule has 1 amide bonds. The molecule has 0 spiro atoms. The van der Waals surface area contributed by atoms with Crippen molar-refractivity contribution in [1.29, 1.82) is 0 Å². The largest absolute Gasteiger partial charge is 0.475 e. The van der Waals surface area contributed by atoms with Crippen LogP contribution in [0.1, 0.15) is 49.4 Å². The van der Waals surface area contributed by atoms with E-state index in [9.17, 15) is 13.2 Å². The van der Waals surface area contributed by atoms with Gasteiger partial charge >= 0.3 is 0 Å². The number of nitrogens with zero attached hydrogens (tertiary/aromatic N) is 3. The van der Waals surface area contributed by atoms with Crippen LogP contribution in [0.3, 0.4) is 0 Å². The summed E-state index contributed by atoms with van der Waals surface area (Å²) in [5.41, 5.74) is 4.35. The Morgan fingerprint density at radius 1 is 0.949 bits per heavy atom. The highest BCUT2D eigenvalue weighted by molar-refractivity contribution is 7.90. The van der Waals surface area contributed by atoms with Gasteiger partial charge in [0.05, 0.1) is 11.8 Å². The maximum Gasteiger partial charge on any atom is 0.281 e. The van der Waals surface area contributed by atoms with Gasteiger partial charge in [0.15, 0.2) is 5.03 Å². The molecule has 10 heteroatoms. The zero-order valence-electron chi connectivity index (χ0n) is 22.6. The van der Waals surface area contributed by atoms with E-state index in [2.05, 4.69) is 19.7 Å². The Hall–Kier alpha value is -4.31. The third-order valence-corrected chi connectivity index (χ3v) is 6.89. The zero-order valence-corrected chi connectivity index (χ0v) is 23.5. The number of ether oxygens (including phenoxy) is 2. The van der Waals surface area contributed by atoms with Gasteiger partial charge < -0.3 is 9.47 Å². The average molecular weight is 551 g/mol. The minimum atomic E-state index is -4.24. The lowest BCUT2D eigenvalue weighted by atomic mass is 10.1. The predicted molar refractivity (Wildman–Crippen MR) is 152 cm³/mol. The maximum absolute atomic E-state index is 13.3. The first-order valence-corrected chi connectivity index (χ1v) is 13.8. The number of carbonyl (C=O) groups excluding carboxylic acids is 1. The molecule has 0 saturated heterocycles. The van der Waals surface area contributed by atoms with Gasteiger partial charge in [-0.1, -0.05) is 23.8 Å². The Morgan fingerprint density at radius 2 is 1.67 bits per heavy atom. The first kappa shape index (κ1) is 27.7. The van der Waals surface area contributed by atoms with Crippen molar-refractivity contribution >= 4 is 15.9 Å². The first-order valence-electron chi connectivity index (χ1n) is 12.3. The molecule has 0 saturated carbocycles. The summed E-state index contributed by atoms with van der Waals surface area (Å²) in [7, 11) is -4.24. The van der Waals surface area contributed by atoms with Crippen LogP contribution >= 0.6 is 0 Å². The summed E-state index contributed by atoms with van der Waals surface area (Å²) in [5, 5.41) is -0.261. The highest BCUT2D eigenvalue weighted by Gasteiger charge is 2.25. The van der Waals surface area contributed by atoms with Crippen LogP contribution in [-0.4, -0.2) is 35.4 Å². The Bertz CT molecular complexity index is 1620. The van der Waals surface area contributed by atoms with Crippen LogP contribution in [0, 0.1) is 27.7 Å². The van der Waals surface area contributed by atoms with Crippen molar-refractivity contribution in [2.24, 2.45) is 0 Å². The lowest BCUT2D eigenvalue weighted by Gasteiger charge is -2.16. The lowest BCUT2D eigenvalue weighted by molar-refractivity contribution is 0.0978. The van der Waals surface area contributed by atoms with Crippen LogP contribution in [0.5, 0.6) is 17.5 Å². The molecule has 0 aliphatic rings. The average Bonchev–Trinajstić information content (AvgIpc) is 2.86. The van der Waals surface area contributed by atoms with E-state index in [4.69, 9.17) is 9.47 Å². The number of aromatic nitrogens is 3. The van der Waals surface area contributed by atoms with Crippen molar-refractivity contribution in [2.75, 3.05) is 0 Å². The van der Waals surface area contributed by atoms with Crippen LogP contribution < -0.4 is 14.2 Å². The van der Waals surface area contributed by atoms with Gasteiger partial charge in [-0.05, 0) is 83.0 Å². The second-order valence-corrected chi connectivity index (χ2v) is 11.1. The molecule has 0 fully saturated rings. The molecule has 3 aromatic heterocycles. The molecular formula is C29H34N4O5S. The lowest BCUT2D eigenvalue weighted by Crippen LogP contribution is -2.31. The molecule has 3 heterocycles. The molecule has 206 valence electrons. The molecule has 0 atom stereocenters. The van der Waals surface area contributed by atoms with Gasteiger partial charge in [-0.2, -0.15) is 8.42 Å². The monoisotopic (exact) mass is 550 g/mol. The molecule has 0 aliphatic heterocycles.